The lowest BCUT2D eigenvalue weighted by atomic mass is 10.2. The maximum Gasteiger partial charge on any atom is 0.339 e. The molecule has 0 spiro atoms. The lowest BCUT2D eigenvalue weighted by molar-refractivity contribution is -0.144. The Kier molecular flexibility index (Phi) is 4.28. The van der Waals surface area contributed by atoms with Crippen LogP contribution in [-0.4, -0.2) is 25.2 Å². The van der Waals surface area contributed by atoms with Crippen molar-refractivity contribution in [2.45, 2.75) is 26.0 Å². The zero-order valence-corrected chi connectivity index (χ0v) is 9.93. The number of carbonyl (C=O) groups is 1. The maximum atomic E-state index is 11.2. The summed E-state index contributed by atoms with van der Waals surface area (Å²) in [6, 6.07) is 1.82. The van der Waals surface area contributed by atoms with Gasteiger partial charge in [-0.2, -0.15) is 0 Å². The van der Waals surface area contributed by atoms with Crippen molar-refractivity contribution in [1.29, 1.82) is 0 Å². The van der Waals surface area contributed by atoms with Crippen LogP contribution in [-0.2, 0) is 9.53 Å². The monoisotopic (exact) mass is 241 g/mol. The molecule has 2 unspecified atom stereocenters. The number of hydrogen-bond acceptors (Lipinski definition) is 6. The largest absolute Gasteiger partial charge is 0.488 e. The number of esters is 1. The van der Waals surface area contributed by atoms with Gasteiger partial charge in [0.1, 0.15) is 23.7 Å². The lowest BCUT2D eigenvalue weighted by Crippen LogP contribution is -2.44. The Bertz CT molecular complexity index is 453. The fourth-order valence-electron chi connectivity index (χ4n) is 1.26. The minimum Gasteiger partial charge on any atom is -0.488 e. The number of rotatable bonds is 4. The summed E-state index contributed by atoms with van der Waals surface area (Å²) in [5, 5.41) is 0. The first-order valence-corrected chi connectivity index (χ1v) is 5.06. The standard InChI is InChI=1S/C11H15NO5/c1-6-4-8(5-9(13)16-6)17-7(2)10(12)11(14)15-3/h4-5,7,10H,12H2,1-3H3. The number of hydrogen-bond donors (Lipinski definition) is 1. The summed E-state index contributed by atoms with van der Waals surface area (Å²) in [6.07, 6.45) is -0.608. The fourth-order valence-corrected chi connectivity index (χ4v) is 1.26. The van der Waals surface area contributed by atoms with Crippen molar-refractivity contribution in [3.63, 3.8) is 0 Å². The average molecular weight is 241 g/mol. The van der Waals surface area contributed by atoms with E-state index < -0.39 is 23.7 Å². The van der Waals surface area contributed by atoms with Crippen molar-refractivity contribution >= 4 is 5.97 Å². The van der Waals surface area contributed by atoms with Gasteiger partial charge in [0, 0.05) is 6.07 Å². The molecule has 0 fully saturated rings. The van der Waals surface area contributed by atoms with E-state index in [1.165, 1.54) is 13.2 Å². The maximum absolute atomic E-state index is 11.2. The number of nitrogens with two attached hydrogens (primary N) is 1. The van der Waals surface area contributed by atoms with Gasteiger partial charge in [-0.3, -0.25) is 4.79 Å². The molecule has 0 aliphatic rings. The summed E-state index contributed by atoms with van der Waals surface area (Å²) in [5.41, 5.74) is 5.08. The van der Waals surface area contributed by atoms with Crippen LogP contribution < -0.4 is 16.1 Å². The van der Waals surface area contributed by atoms with E-state index in [4.69, 9.17) is 14.9 Å². The van der Waals surface area contributed by atoms with Crippen molar-refractivity contribution in [2.24, 2.45) is 5.73 Å². The van der Waals surface area contributed by atoms with E-state index in [-0.39, 0.29) is 0 Å². The van der Waals surface area contributed by atoms with Crippen LogP contribution in [0, 0.1) is 6.92 Å². The summed E-state index contributed by atoms with van der Waals surface area (Å²) in [4.78, 5) is 22.3. The first-order valence-electron chi connectivity index (χ1n) is 5.06. The Balaban J connectivity index is 2.77. The minimum absolute atomic E-state index is 0.311. The fraction of sp³-hybridized carbons (Fsp3) is 0.455. The van der Waals surface area contributed by atoms with Crippen LogP contribution in [0.25, 0.3) is 0 Å². The Morgan fingerprint density at radius 1 is 1.47 bits per heavy atom. The van der Waals surface area contributed by atoms with Gasteiger partial charge in [0.2, 0.25) is 0 Å². The van der Waals surface area contributed by atoms with E-state index >= 15 is 0 Å². The van der Waals surface area contributed by atoms with Crippen molar-refractivity contribution in [1.82, 2.24) is 0 Å². The lowest BCUT2D eigenvalue weighted by Gasteiger charge is -2.19. The van der Waals surface area contributed by atoms with Gasteiger partial charge >= 0.3 is 11.6 Å². The van der Waals surface area contributed by atoms with Crippen molar-refractivity contribution in [3.8, 4) is 5.75 Å². The molecule has 0 saturated heterocycles. The van der Waals surface area contributed by atoms with E-state index in [0.29, 0.717) is 11.5 Å². The summed E-state index contributed by atoms with van der Waals surface area (Å²) >= 11 is 0. The first-order chi connectivity index (χ1) is 7.93. The highest BCUT2D eigenvalue weighted by Crippen LogP contribution is 2.12. The molecular weight excluding hydrogens is 226 g/mol. The smallest absolute Gasteiger partial charge is 0.339 e. The highest BCUT2D eigenvalue weighted by molar-refractivity contribution is 5.76. The van der Waals surface area contributed by atoms with E-state index in [1.807, 2.05) is 0 Å². The zero-order valence-electron chi connectivity index (χ0n) is 9.93. The highest BCUT2D eigenvalue weighted by Gasteiger charge is 2.23. The number of carbonyl (C=O) groups excluding carboxylic acids is 1. The van der Waals surface area contributed by atoms with Crippen LogP contribution in [0.2, 0.25) is 0 Å². The molecule has 0 radical (unpaired) electrons. The van der Waals surface area contributed by atoms with Crippen molar-refractivity contribution in [2.75, 3.05) is 7.11 Å². The molecule has 6 heteroatoms. The Morgan fingerprint density at radius 2 is 2.12 bits per heavy atom. The predicted octanol–water partition coefficient (Wildman–Crippen LogP) is 0.216. The third kappa shape index (κ3) is 3.60. The topological polar surface area (TPSA) is 91.8 Å². The molecule has 1 rings (SSSR count). The second-order valence-electron chi connectivity index (χ2n) is 3.59. The predicted molar refractivity (Wildman–Crippen MR) is 59.8 cm³/mol. The van der Waals surface area contributed by atoms with Gasteiger partial charge in [-0.15, -0.1) is 0 Å². The van der Waals surface area contributed by atoms with E-state index in [0.717, 1.165) is 0 Å². The van der Waals surface area contributed by atoms with Gasteiger partial charge in [0.25, 0.3) is 0 Å². The SMILES string of the molecule is COC(=O)C(N)C(C)Oc1cc(C)oc(=O)c1. The van der Waals surface area contributed by atoms with Crippen molar-refractivity contribution in [3.05, 3.63) is 28.3 Å². The molecule has 17 heavy (non-hydrogen) atoms. The molecule has 2 N–H and O–H groups in total. The first kappa shape index (κ1) is 13.2. The Labute approximate surface area is 98.3 Å². The molecule has 94 valence electrons. The summed E-state index contributed by atoms with van der Waals surface area (Å²) in [6.45, 7) is 3.24. The van der Waals surface area contributed by atoms with Gasteiger partial charge in [-0.25, -0.2) is 4.79 Å². The van der Waals surface area contributed by atoms with E-state index in [2.05, 4.69) is 4.74 Å². The molecule has 0 aliphatic carbocycles. The number of aryl methyl sites for hydroxylation is 1. The van der Waals surface area contributed by atoms with Crippen LogP contribution in [0.5, 0.6) is 5.75 Å². The molecule has 0 aromatic carbocycles. The zero-order chi connectivity index (χ0) is 13.0. The third-order valence-corrected chi connectivity index (χ3v) is 2.17. The Hall–Kier alpha value is -1.82. The molecule has 0 amide bonds. The van der Waals surface area contributed by atoms with Gasteiger partial charge in [0.15, 0.2) is 0 Å². The van der Waals surface area contributed by atoms with Crippen molar-refractivity contribution < 1.29 is 18.7 Å². The van der Waals surface area contributed by atoms with Gasteiger partial charge < -0.3 is 19.6 Å². The molecular formula is C11H15NO5. The third-order valence-electron chi connectivity index (χ3n) is 2.17. The highest BCUT2D eigenvalue weighted by atomic mass is 16.5. The summed E-state index contributed by atoms with van der Waals surface area (Å²) in [7, 11) is 1.25. The second-order valence-corrected chi connectivity index (χ2v) is 3.59. The number of methoxy groups -OCH3 is 1. The molecule has 6 nitrogen and oxygen atoms in total. The molecule has 1 aromatic heterocycles. The number of ether oxygens (including phenoxy) is 2. The quantitative estimate of drug-likeness (QED) is 0.758. The normalized spacial score (nSPS) is 13.9. The minimum atomic E-state index is -0.910. The second kappa shape index (κ2) is 5.49. The van der Waals surface area contributed by atoms with Crippen LogP contribution in [0.1, 0.15) is 12.7 Å². The average Bonchev–Trinajstić information content (AvgIpc) is 2.25. The van der Waals surface area contributed by atoms with Gasteiger partial charge in [-0.1, -0.05) is 0 Å². The molecule has 2 atom stereocenters. The van der Waals surface area contributed by atoms with Crippen LogP contribution in [0.4, 0.5) is 0 Å². The molecule has 0 aliphatic heterocycles. The van der Waals surface area contributed by atoms with Gasteiger partial charge in [0.05, 0.1) is 13.2 Å². The summed E-state index contributed by atoms with van der Waals surface area (Å²) < 4.78 is 14.6. The Morgan fingerprint density at radius 3 is 2.65 bits per heavy atom. The summed E-state index contributed by atoms with van der Waals surface area (Å²) in [5.74, 6) is 0.161. The molecule has 0 bridgehead atoms. The molecule has 1 heterocycles. The van der Waals surface area contributed by atoms with E-state index in [9.17, 15) is 9.59 Å². The van der Waals surface area contributed by atoms with Gasteiger partial charge in [-0.05, 0) is 13.8 Å². The van der Waals surface area contributed by atoms with Crippen LogP contribution in [0.15, 0.2) is 21.3 Å². The van der Waals surface area contributed by atoms with Crippen LogP contribution >= 0.6 is 0 Å². The molecule has 1 aromatic rings. The van der Waals surface area contributed by atoms with E-state index in [1.54, 1.807) is 19.9 Å². The van der Waals surface area contributed by atoms with Crippen LogP contribution in [0.3, 0.4) is 0 Å². The molecule has 0 saturated carbocycles.